The van der Waals surface area contributed by atoms with E-state index >= 15 is 0 Å². The predicted molar refractivity (Wildman–Crippen MR) is 59.2 cm³/mol. The smallest absolute Gasteiger partial charge is 0.368 e. The van der Waals surface area contributed by atoms with Crippen LogP contribution >= 0.6 is 15.9 Å². The number of nitrogens with two attached hydrogens (primary N) is 1. The van der Waals surface area contributed by atoms with Gasteiger partial charge in [0.2, 0.25) is 5.91 Å². The lowest BCUT2D eigenvalue weighted by molar-refractivity contribution is -0.137. The van der Waals surface area contributed by atoms with Crippen molar-refractivity contribution in [2.75, 3.05) is 5.32 Å². The van der Waals surface area contributed by atoms with Gasteiger partial charge in [0.05, 0.1) is 5.56 Å². The molecule has 0 saturated heterocycles. The Morgan fingerprint density at radius 2 is 2.18 bits per heavy atom. The molecule has 0 spiro atoms. The number of alkyl halides is 3. The summed E-state index contributed by atoms with van der Waals surface area (Å²) in [6.07, 6.45) is -3.36. The van der Waals surface area contributed by atoms with Crippen LogP contribution in [0.5, 0.6) is 0 Å². The van der Waals surface area contributed by atoms with Crippen LogP contribution in [0, 0.1) is 0 Å². The quantitative estimate of drug-likeness (QED) is 0.898. The van der Waals surface area contributed by atoms with Crippen LogP contribution in [-0.2, 0) is 11.0 Å². The molecule has 0 aliphatic rings. The first-order valence-corrected chi connectivity index (χ1v) is 5.29. The van der Waals surface area contributed by atoms with Gasteiger partial charge in [0, 0.05) is 10.7 Å². The Labute approximate surface area is 104 Å². The number of hydrogen-bond acceptors (Lipinski definition) is 3. The average molecular weight is 312 g/mol. The van der Waals surface area contributed by atoms with Crippen molar-refractivity contribution in [2.45, 2.75) is 19.1 Å². The Morgan fingerprint density at radius 1 is 1.59 bits per heavy atom. The molecular weight excluding hydrogens is 303 g/mol. The van der Waals surface area contributed by atoms with E-state index in [1.54, 1.807) is 0 Å². The van der Waals surface area contributed by atoms with Gasteiger partial charge in [-0.15, -0.1) is 0 Å². The molecule has 1 amide bonds. The first-order valence-electron chi connectivity index (χ1n) is 4.50. The second-order valence-corrected chi connectivity index (χ2v) is 4.23. The molecule has 1 aromatic rings. The molecule has 8 heteroatoms. The minimum absolute atomic E-state index is 0.196. The number of hydrogen-bond donors (Lipinski definition) is 2. The number of amides is 1. The van der Waals surface area contributed by atoms with Gasteiger partial charge in [-0.25, -0.2) is 4.98 Å². The summed E-state index contributed by atoms with van der Waals surface area (Å²) in [5.74, 6) is -1.19. The van der Waals surface area contributed by atoms with Crippen molar-refractivity contribution in [1.29, 1.82) is 0 Å². The number of pyridine rings is 1. The second-order valence-electron chi connectivity index (χ2n) is 3.32. The van der Waals surface area contributed by atoms with Crippen molar-refractivity contribution in [3.05, 3.63) is 22.3 Å². The van der Waals surface area contributed by atoms with Gasteiger partial charge in [-0.1, -0.05) is 0 Å². The van der Waals surface area contributed by atoms with Gasteiger partial charge in [-0.3, -0.25) is 4.79 Å². The maximum Gasteiger partial charge on any atom is 0.419 e. The van der Waals surface area contributed by atoms with E-state index in [1.807, 2.05) is 0 Å². The fourth-order valence-corrected chi connectivity index (χ4v) is 1.38. The van der Waals surface area contributed by atoms with Crippen LogP contribution in [0.4, 0.5) is 19.0 Å². The molecule has 0 aliphatic heterocycles. The first kappa shape index (κ1) is 13.8. The summed E-state index contributed by atoms with van der Waals surface area (Å²) >= 11 is 2.90. The van der Waals surface area contributed by atoms with E-state index in [-0.39, 0.29) is 4.47 Å². The van der Waals surface area contributed by atoms with Crippen molar-refractivity contribution in [1.82, 2.24) is 4.98 Å². The summed E-state index contributed by atoms with van der Waals surface area (Å²) in [5, 5.41) is 2.32. The number of carbonyl (C=O) groups is 1. The molecule has 0 fully saturated rings. The number of nitrogens with one attached hydrogen (secondary N) is 1. The molecule has 0 saturated carbocycles. The van der Waals surface area contributed by atoms with Gasteiger partial charge in [0.15, 0.2) is 0 Å². The summed E-state index contributed by atoms with van der Waals surface area (Å²) in [7, 11) is 0. The molecule has 1 aromatic heterocycles. The largest absolute Gasteiger partial charge is 0.419 e. The third kappa shape index (κ3) is 3.58. The number of primary amides is 1. The molecule has 1 unspecified atom stereocenters. The summed E-state index contributed by atoms with van der Waals surface area (Å²) in [6, 6.07) is -0.0620. The molecule has 94 valence electrons. The van der Waals surface area contributed by atoms with Crippen molar-refractivity contribution < 1.29 is 18.0 Å². The first-order chi connectivity index (χ1) is 7.71. The van der Waals surface area contributed by atoms with E-state index in [0.29, 0.717) is 0 Å². The topological polar surface area (TPSA) is 68.0 Å². The molecule has 0 radical (unpaired) electrons. The number of halogens is 4. The SMILES string of the molecule is CC(Nc1ncc(Br)cc1C(F)(F)F)C(N)=O. The Bertz CT molecular complexity index is 436. The van der Waals surface area contributed by atoms with E-state index in [9.17, 15) is 18.0 Å². The van der Waals surface area contributed by atoms with E-state index in [0.717, 1.165) is 6.07 Å². The van der Waals surface area contributed by atoms with Crippen LogP contribution in [0.3, 0.4) is 0 Å². The maximum atomic E-state index is 12.7. The predicted octanol–water partition coefficient (Wildman–Crippen LogP) is 2.15. The molecule has 1 heterocycles. The molecule has 4 nitrogen and oxygen atoms in total. The molecule has 1 atom stereocenters. The number of anilines is 1. The van der Waals surface area contributed by atoms with Crippen molar-refractivity contribution in [2.24, 2.45) is 5.73 Å². The number of aromatic nitrogens is 1. The zero-order chi connectivity index (χ0) is 13.2. The second kappa shape index (κ2) is 4.91. The Morgan fingerprint density at radius 3 is 2.65 bits per heavy atom. The highest BCUT2D eigenvalue weighted by Crippen LogP contribution is 2.35. The molecule has 3 N–H and O–H groups in total. The number of rotatable bonds is 3. The number of nitrogens with zero attached hydrogens (tertiary/aromatic N) is 1. The standard InChI is InChI=1S/C9H9BrF3N3O/c1-4(7(14)17)16-8-6(9(11,12)13)2-5(10)3-15-8/h2-4H,1H3,(H2,14,17)(H,15,16). The Balaban J connectivity index is 3.11. The van der Waals surface area contributed by atoms with Gasteiger partial charge in [0.1, 0.15) is 11.9 Å². The van der Waals surface area contributed by atoms with Crippen LogP contribution in [0.25, 0.3) is 0 Å². The van der Waals surface area contributed by atoms with Gasteiger partial charge >= 0.3 is 6.18 Å². The van der Waals surface area contributed by atoms with Crippen molar-refractivity contribution in [3.63, 3.8) is 0 Å². The monoisotopic (exact) mass is 311 g/mol. The zero-order valence-electron chi connectivity index (χ0n) is 8.68. The Hall–Kier alpha value is -1.31. The summed E-state index contributed by atoms with van der Waals surface area (Å²) < 4.78 is 38.2. The third-order valence-electron chi connectivity index (χ3n) is 1.94. The maximum absolute atomic E-state index is 12.7. The molecule has 0 bridgehead atoms. The molecule has 17 heavy (non-hydrogen) atoms. The lowest BCUT2D eigenvalue weighted by Crippen LogP contribution is -2.33. The highest BCUT2D eigenvalue weighted by atomic mass is 79.9. The van der Waals surface area contributed by atoms with Gasteiger partial charge in [-0.05, 0) is 28.9 Å². The summed E-state index contributed by atoms with van der Waals surface area (Å²) in [6.45, 7) is 1.35. The highest BCUT2D eigenvalue weighted by molar-refractivity contribution is 9.10. The zero-order valence-corrected chi connectivity index (χ0v) is 10.3. The lowest BCUT2D eigenvalue weighted by Gasteiger charge is -2.16. The lowest BCUT2D eigenvalue weighted by atomic mass is 10.2. The fraction of sp³-hybridized carbons (Fsp3) is 0.333. The van der Waals surface area contributed by atoms with E-state index < -0.39 is 29.5 Å². The van der Waals surface area contributed by atoms with Crippen LogP contribution in [-0.4, -0.2) is 16.9 Å². The van der Waals surface area contributed by atoms with Gasteiger partial charge in [-0.2, -0.15) is 13.2 Å². The van der Waals surface area contributed by atoms with Gasteiger partial charge in [0.25, 0.3) is 0 Å². The minimum atomic E-state index is -4.56. The fourth-order valence-electron chi connectivity index (χ4n) is 1.05. The van der Waals surface area contributed by atoms with Gasteiger partial charge < -0.3 is 11.1 Å². The van der Waals surface area contributed by atoms with Crippen LogP contribution in [0.15, 0.2) is 16.7 Å². The Kier molecular flexibility index (Phi) is 3.97. The molecular formula is C9H9BrF3N3O. The number of carbonyl (C=O) groups excluding carboxylic acids is 1. The van der Waals surface area contributed by atoms with E-state index in [2.05, 4.69) is 26.2 Å². The van der Waals surface area contributed by atoms with E-state index in [1.165, 1.54) is 13.1 Å². The molecule has 0 aliphatic carbocycles. The summed E-state index contributed by atoms with van der Waals surface area (Å²) in [5.41, 5.74) is 3.99. The summed E-state index contributed by atoms with van der Waals surface area (Å²) in [4.78, 5) is 14.4. The molecule has 0 aromatic carbocycles. The molecule has 1 rings (SSSR count). The van der Waals surface area contributed by atoms with Crippen LogP contribution < -0.4 is 11.1 Å². The third-order valence-corrected chi connectivity index (χ3v) is 2.37. The highest BCUT2D eigenvalue weighted by Gasteiger charge is 2.35. The minimum Gasteiger partial charge on any atom is -0.368 e. The van der Waals surface area contributed by atoms with Crippen LogP contribution in [0.1, 0.15) is 12.5 Å². The van der Waals surface area contributed by atoms with E-state index in [4.69, 9.17) is 5.73 Å². The van der Waals surface area contributed by atoms with Crippen molar-refractivity contribution in [3.8, 4) is 0 Å². The van der Waals surface area contributed by atoms with Crippen LogP contribution in [0.2, 0.25) is 0 Å². The van der Waals surface area contributed by atoms with Crippen molar-refractivity contribution >= 4 is 27.7 Å². The average Bonchev–Trinajstić information content (AvgIpc) is 2.18. The normalized spacial score (nSPS) is 13.2.